The number of nitrogens with one attached hydrogen (secondary N) is 1. The lowest BCUT2D eigenvalue weighted by atomic mass is 10.2. The first-order chi connectivity index (χ1) is 7.15. The van der Waals surface area contributed by atoms with Crippen LogP contribution in [0.4, 0.5) is 0 Å². The summed E-state index contributed by atoms with van der Waals surface area (Å²) in [6.07, 6.45) is 2.32. The minimum atomic E-state index is 0.546. The van der Waals surface area contributed by atoms with Gasteiger partial charge >= 0.3 is 0 Å². The summed E-state index contributed by atoms with van der Waals surface area (Å²) in [5, 5.41) is 3.54. The van der Waals surface area contributed by atoms with Crippen LogP contribution in [0.1, 0.15) is 33.6 Å². The van der Waals surface area contributed by atoms with Crippen molar-refractivity contribution in [3.05, 3.63) is 12.3 Å². The Morgan fingerprint density at radius 3 is 2.53 bits per heavy atom. The van der Waals surface area contributed by atoms with Gasteiger partial charge in [0.2, 0.25) is 0 Å². The van der Waals surface area contributed by atoms with Crippen molar-refractivity contribution in [2.75, 3.05) is 25.5 Å². The largest absolute Gasteiger partial charge is 0.373 e. The van der Waals surface area contributed by atoms with Gasteiger partial charge in [-0.05, 0) is 26.3 Å². The Kier molecular flexibility index (Phi) is 8.92. The maximum absolute atomic E-state index is 5.77. The van der Waals surface area contributed by atoms with Gasteiger partial charge < -0.3 is 10.2 Å². The zero-order chi connectivity index (χ0) is 11.7. The molecule has 0 aliphatic heterocycles. The van der Waals surface area contributed by atoms with Crippen LogP contribution in [0.25, 0.3) is 0 Å². The molecule has 0 spiro atoms. The standard InChI is InChI=1S/C12H25ClN2/c1-5-8-14-12(6-2)10-15(9-7-13)11(3)4/h12,14H,3,5-10H2,1-2,4H3. The topological polar surface area (TPSA) is 15.3 Å². The molecule has 0 bridgehead atoms. The summed E-state index contributed by atoms with van der Waals surface area (Å²) < 4.78 is 0. The molecule has 0 aromatic carbocycles. The van der Waals surface area contributed by atoms with E-state index >= 15 is 0 Å². The molecule has 2 nitrogen and oxygen atoms in total. The molecule has 0 heterocycles. The Morgan fingerprint density at radius 1 is 1.47 bits per heavy atom. The van der Waals surface area contributed by atoms with E-state index in [0.29, 0.717) is 11.9 Å². The van der Waals surface area contributed by atoms with Gasteiger partial charge in [0, 0.05) is 30.7 Å². The molecule has 0 rings (SSSR count). The van der Waals surface area contributed by atoms with Crippen molar-refractivity contribution < 1.29 is 0 Å². The number of allylic oxidation sites excluding steroid dienone is 1. The highest BCUT2D eigenvalue weighted by atomic mass is 35.5. The van der Waals surface area contributed by atoms with Crippen LogP contribution in [0.3, 0.4) is 0 Å². The predicted molar refractivity (Wildman–Crippen MR) is 69.5 cm³/mol. The van der Waals surface area contributed by atoms with E-state index in [9.17, 15) is 0 Å². The van der Waals surface area contributed by atoms with E-state index in [1.54, 1.807) is 0 Å². The quantitative estimate of drug-likeness (QED) is 0.615. The zero-order valence-electron chi connectivity index (χ0n) is 10.4. The first-order valence-electron chi connectivity index (χ1n) is 5.85. The van der Waals surface area contributed by atoms with Crippen molar-refractivity contribution in [2.24, 2.45) is 0 Å². The van der Waals surface area contributed by atoms with E-state index < -0.39 is 0 Å². The first kappa shape index (κ1) is 14.8. The minimum absolute atomic E-state index is 0.546. The third-order valence-electron chi connectivity index (χ3n) is 2.51. The van der Waals surface area contributed by atoms with Gasteiger partial charge in [-0.3, -0.25) is 0 Å². The fraction of sp³-hybridized carbons (Fsp3) is 0.833. The number of halogens is 1. The molecule has 90 valence electrons. The molecule has 0 saturated carbocycles. The summed E-state index contributed by atoms with van der Waals surface area (Å²) in [4.78, 5) is 2.25. The highest BCUT2D eigenvalue weighted by molar-refractivity contribution is 6.18. The Morgan fingerprint density at radius 2 is 2.13 bits per heavy atom. The van der Waals surface area contributed by atoms with Gasteiger partial charge in [0.05, 0.1) is 0 Å². The van der Waals surface area contributed by atoms with Crippen LogP contribution >= 0.6 is 11.6 Å². The SMILES string of the molecule is C=C(C)N(CCCl)CC(CC)NCCC. The molecule has 0 aliphatic carbocycles. The molecule has 0 fully saturated rings. The molecule has 3 heteroatoms. The van der Waals surface area contributed by atoms with E-state index in [1.807, 2.05) is 6.92 Å². The highest BCUT2D eigenvalue weighted by Gasteiger charge is 2.10. The van der Waals surface area contributed by atoms with E-state index in [2.05, 4.69) is 30.6 Å². The molecule has 0 aromatic heterocycles. The van der Waals surface area contributed by atoms with E-state index in [1.165, 1.54) is 6.42 Å². The minimum Gasteiger partial charge on any atom is -0.373 e. The Hall–Kier alpha value is -0.210. The second kappa shape index (κ2) is 9.05. The summed E-state index contributed by atoms with van der Waals surface area (Å²) in [7, 11) is 0. The maximum Gasteiger partial charge on any atom is 0.0399 e. The smallest absolute Gasteiger partial charge is 0.0399 e. The van der Waals surface area contributed by atoms with Gasteiger partial charge in [0.25, 0.3) is 0 Å². The van der Waals surface area contributed by atoms with Crippen LogP contribution in [-0.2, 0) is 0 Å². The van der Waals surface area contributed by atoms with Crippen molar-refractivity contribution in [3.63, 3.8) is 0 Å². The van der Waals surface area contributed by atoms with Gasteiger partial charge in [-0.25, -0.2) is 0 Å². The average molecular weight is 233 g/mol. The van der Waals surface area contributed by atoms with Gasteiger partial charge in [-0.15, -0.1) is 11.6 Å². The van der Waals surface area contributed by atoms with Crippen LogP contribution in [0, 0.1) is 0 Å². The number of nitrogens with zero attached hydrogens (tertiary/aromatic N) is 1. The van der Waals surface area contributed by atoms with Gasteiger partial charge in [-0.1, -0.05) is 20.4 Å². The van der Waals surface area contributed by atoms with E-state index in [4.69, 9.17) is 11.6 Å². The molecule has 1 atom stereocenters. The monoisotopic (exact) mass is 232 g/mol. The van der Waals surface area contributed by atoms with Crippen LogP contribution < -0.4 is 5.32 Å². The van der Waals surface area contributed by atoms with Gasteiger partial charge in [0.15, 0.2) is 0 Å². The zero-order valence-corrected chi connectivity index (χ0v) is 11.1. The normalized spacial score (nSPS) is 12.5. The lowest BCUT2D eigenvalue weighted by Gasteiger charge is -2.29. The third kappa shape index (κ3) is 6.80. The molecule has 0 radical (unpaired) electrons. The van der Waals surface area contributed by atoms with Crippen molar-refractivity contribution in [1.29, 1.82) is 0 Å². The van der Waals surface area contributed by atoms with Gasteiger partial charge in [0.1, 0.15) is 0 Å². The van der Waals surface area contributed by atoms with Crippen molar-refractivity contribution in [1.82, 2.24) is 10.2 Å². The number of alkyl halides is 1. The summed E-state index contributed by atoms with van der Waals surface area (Å²) in [6.45, 7) is 13.4. The number of hydrogen-bond acceptors (Lipinski definition) is 2. The van der Waals surface area contributed by atoms with Crippen molar-refractivity contribution in [3.8, 4) is 0 Å². The molecule has 0 aromatic rings. The van der Waals surface area contributed by atoms with Crippen LogP contribution in [0.5, 0.6) is 0 Å². The molecular weight excluding hydrogens is 208 g/mol. The average Bonchev–Trinajstić information content (AvgIpc) is 2.22. The Labute approximate surface area is 99.7 Å². The lowest BCUT2D eigenvalue weighted by molar-refractivity contribution is 0.307. The molecule has 0 aliphatic rings. The molecule has 15 heavy (non-hydrogen) atoms. The van der Waals surface area contributed by atoms with E-state index in [-0.39, 0.29) is 0 Å². The van der Waals surface area contributed by atoms with Crippen molar-refractivity contribution >= 4 is 11.6 Å². The van der Waals surface area contributed by atoms with E-state index in [0.717, 1.165) is 31.8 Å². The highest BCUT2D eigenvalue weighted by Crippen LogP contribution is 2.04. The molecule has 1 N–H and O–H groups in total. The fourth-order valence-electron chi connectivity index (χ4n) is 1.49. The lowest BCUT2D eigenvalue weighted by Crippen LogP contribution is -2.40. The second-order valence-electron chi connectivity index (χ2n) is 3.93. The third-order valence-corrected chi connectivity index (χ3v) is 2.68. The van der Waals surface area contributed by atoms with Crippen molar-refractivity contribution in [2.45, 2.75) is 39.7 Å². The summed E-state index contributed by atoms with van der Waals surface area (Å²) in [5.41, 5.74) is 1.10. The fourth-order valence-corrected chi connectivity index (χ4v) is 1.70. The van der Waals surface area contributed by atoms with Crippen LogP contribution in [-0.4, -0.2) is 36.5 Å². The van der Waals surface area contributed by atoms with Crippen LogP contribution in [0.2, 0.25) is 0 Å². The summed E-state index contributed by atoms with van der Waals surface area (Å²) >= 11 is 5.77. The molecule has 0 amide bonds. The maximum atomic E-state index is 5.77. The molecular formula is C12H25ClN2. The summed E-state index contributed by atoms with van der Waals surface area (Å²) in [5.74, 6) is 0.664. The first-order valence-corrected chi connectivity index (χ1v) is 6.38. The predicted octanol–water partition coefficient (Wildman–Crippen LogP) is 2.84. The Bertz CT molecular complexity index is 171. The second-order valence-corrected chi connectivity index (χ2v) is 4.31. The van der Waals surface area contributed by atoms with Crippen LogP contribution in [0.15, 0.2) is 12.3 Å². The summed E-state index contributed by atoms with van der Waals surface area (Å²) in [6, 6.07) is 0.546. The number of rotatable bonds is 9. The molecule has 1 unspecified atom stereocenters. The van der Waals surface area contributed by atoms with Gasteiger partial charge in [-0.2, -0.15) is 0 Å². The Balaban J connectivity index is 4.03. The number of hydrogen-bond donors (Lipinski definition) is 1. The molecule has 0 saturated heterocycles.